The topological polar surface area (TPSA) is 87.0 Å². The van der Waals surface area contributed by atoms with Crippen LogP contribution in [0.3, 0.4) is 0 Å². The number of hydrogen-bond donors (Lipinski definition) is 0. The second kappa shape index (κ2) is 4.82. The molecule has 0 unspecified atom stereocenters. The van der Waals surface area contributed by atoms with Crippen LogP contribution in [0.5, 0.6) is 0 Å². The van der Waals surface area contributed by atoms with Gasteiger partial charge in [0.05, 0.1) is 0 Å². The van der Waals surface area contributed by atoms with Gasteiger partial charge in [-0.1, -0.05) is 18.2 Å². The first-order valence-corrected chi connectivity index (χ1v) is 6.20. The molecule has 6 nitrogen and oxygen atoms in total. The fraction of sp³-hybridized carbons (Fsp3) is 0.300. The molecule has 0 radical (unpaired) electrons. The summed E-state index contributed by atoms with van der Waals surface area (Å²) >= 11 is 0. The molecule has 17 heavy (non-hydrogen) atoms. The molecule has 1 heterocycles. The summed E-state index contributed by atoms with van der Waals surface area (Å²) in [6.45, 7) is -0.193. The van der Waals surface area contributed by atoms with Crippen molar-refractivity contribution in [3.63, 3.8) is 0 Å². The van der Waals surface area contributed by atoms with E-state index in [4.69, 9.17) is 9.16 Å². The van der Waals surface area contributed by atoms with E-state index >= 15 is 0 Å². The van der Waals surface area contributed by atoms with Crippen LogP contribution in [0.15, 0.2) is 30.3 Å². The van der Waals surface area contributed by atoms with Crippen molar-refractivity contribution < 1.29 is 26.3 Å². The van der Waals surface area contributed by atoms with Gasteiger partial charge in [-0.15, -0.1) is 0 Å². The summed E-state index contributed by atoms with van der Waals surface area (Å²) in [6, 6.07) is 9.08. The van der Waals surface area contributed by atoms with Crippen LogP contribution in [0, 0.1) is 0 Å². The van der Waals surface area contributed by atoms with Gasteiger partial charge in [-0.3, -0.25) is 4.18 Å². The normalized spacial score (nSPS) is 19.8. The Balaban J connectivity index is 1.91. The maximum atomic E-state index is 10.3. The molecule has 92 valence electrons. The molecular formula is C10H10O6S. The van der Waals surface area contributed by atoms with E-state index < -0.39 is 16.5 Å². The van der Waals surface area contributed by atoms with Gasteiger partial charge in [-0.2, -0.15) is 0 Å². The van der Waals surface area contributed by atoms with Gasteiger partial charge in [0.25, 0.3) is 6.10 Å². The highest BCUT2D eigenvalue weighted by atomic mass is 32.3. The molecule has 2 rings (SSSR count). The zero-order valence-electron chi connectivity index (χ0n) is 8.74. The average molecular weight is 258 g/mol. The highest BCUT2D eigenvalue weighted by Gasteiger charge is 2.35. The highest BCUT2D eigenvalue weighted by molar-refractivity contribution is 7.80. The maximum Gasteiger partial charge on any atom is 0.520 e. The number of benzene rings is 1. The predicted octanol–water partition coefficient (Wildman–Crippen LogP) is 0.238. The van der Waals surface area contributed by atoms with Gasteiger partial charge >= 0.3 is 5.97 Å². The SMILES string of the molecule is O=S(=O)([O-])OC[C@H]1C[O+]=C(c2ccccc2)O1. The van der Waals surface area contributed by atoms with Crippen LogP contribution in [-0.2, 0) is 19.3 Å². The molecular weight excluding hydrogens is 248 g/mol. The summed E-state index contributed by atoms with van der Waals surface area (Å²) in [7, 11) is -4.69. The Kier molecular flexibility index (Phi) is 3.41. The molecule has 0 saturated heterocycles. The molecule has 0 N–H and O–H groups in total. The lowest BCUT2D eigenvalue weighted by Gasteiger charge is -2.06. The number of rotatable bonds is 4. The second-order valence-corrected chi connectivity index (χ2v) is 4.45. The van der Waals surface area contributed by atoms with Crippen molar-refractivity contribution in [2.75, 3.05) is 13.2 Å². The molecule has 1 aliphatic rings. The summed E-state index contributed by atoms with van der Waals surface area (Å²) in [5.74, 6) is 0.308. The van der Waals surface area contributed by atoms with E-state index in [1.807, 2.05) is 18.2 Å². The number of cyclic esters (lactones) is 1. The Bertz CT molecular complexity index is 507. The molecule has 0 aromatic heterocycles. The van der Waals surface area contributed by atoms with Crippen molar-refractivity contribution in [3.8, 4) is 0 Å². The summed E-state index contributed by atoms with van der Waals surface area (Å²) in [6.07, 6.45) is -0.589. The summed E-state index contributed by atoms with van der Waals surface area (Å²) < 4.78 is 45.4. The zero-order valence-corrected chi connectivity index (χ0v) is 9.55. The molecule has 0 bridgehead atoms. The number of ether oxygens (including phenoxy) is 1. The summed E-state index contributed by atoms with van der Waals surface area (Å²) in [5, 5.41) is 0. The van der Waals surface area contributed by atoms with Crippen molar-refractivity contribution >= 4 is 16.4 Å². The number of esters is 1. The van der Waals surface area contributed by atoms with Crippen molar-refractivity contribution in [2.45, 2.75) is 6.10 Å². The van der Waals surface area contributed by atoms with Crippen LogP contribution < -0.4 is 0 Å². The molecule has 0 amide bonds. The van der Waals surface area contributed by atoms with E-state index in [0.29, 0.717) is 5.97 Å². The third-order valence-corrected chi connectivity index (χ3v) is 2.51. The number of hydrogen-bond acceptors (Lipinski definition) is 5. The van der Waals surface area contributed by atoms with E-state index in [-0.39, 0.29) is 13.2 Å². The molecule has 0 spiro atoms. The van der Waals surface area contributed by atoms with Crippen LogP contribution in [0.2, 0.25) is 0 Å². The minimum Gasteiger partial charge on any atom is -0.726 e. The van der Waals surface area contributed by atoms with Gasteiger partial charge in [0, 0.05) is 0 Å². The van der Waals surface area contributed by atoms with Gasteiger partial charge in [-0.25, -0.2) is 8.42 Å². The Hall–Kier alpha value is -1.44. The average Bonchev–Trinajstić information content (AvgIpc) is 2.75. The van der Waals surface area contributed by atoms with Gasteiger partial charge in [0.15, 0.2) is 0 Å². The van der Waals surface area contributed by atoms with Crippen molar-refractivity contribution in [1.82, 2.24) is 0 Å². The first-order chi connectivity index (χ1) is 8.04. The predicted molar refractivity (Wildman–Crippen MR) is 56.2 cm³/mol. The van der Waals surface area contributed by atoms with Crippen LogP contribution in [0.25, 0.3) is 0 Å². The molecule has 0 aliphatic carbocycles. The number of carbonyl (C=O) groups excluding carboxylic acids is 1. The van der Waals surface area contributed by atoms with Crippen molar-refractivity contribution in [2.24, 2.45) is 0 Å². The van der Waals surface area contributed by atoms with Crippen molar-refractivity contribution in [1.29, 1.82) is 0 Å². The second-order valence-electron chi connectivity index (χ2n) is 3.40. The Labute approximate surface area is 98.4 Å². The molecule has 0 fully saturated rings. The largest absolute Gasteiger partial charge is 0.726 e. The fourth-order valence-electron chi connectivity index (χ4n) is 1.36. The molecule has 1 aliphatic heterocycles. The lowest BCUT2D eigenvalue weighted by Crippen LogP contribution is -2.22. The lowest BCUT2D eigenvalue weighted by molar-refractivity contribution is -0.261. The van der Waals surface area contributed by atoms with E-state index in [0.717, 1.165) is 5.56 Å². The van der Waals surface area contributed by atoms with Gasteiger partial charge in [-0.05, 0) is 12.1 Å². The van der Waals surface area contributed by atoms with Crippen molar-refractivity contribution in [3.05, 3.63) is 35.9 Å². The van der Waals surface area contributed by atoms with E-state index in [2.05, 4.69) is 4.18 Å². The first-order valence-electron chi connectivity index (χ1n) is 4.87. The Morgan fingerprint density at radius 2 is 2.12 bits per heavy atom. The highest BCUT2D eigenvalue weighted by Crippen LogP contribution is 2.12. The standard InChI is InChI=1S/C10H10O6S/c11-17(12,13)15-7-9-6-14-10(16-9)8-4-2-1-3-5-8/h1-5,9H,6-7H2/t9-/m1/s1. The van der Waals surface area contributed by atoms with Crippen LogP contribution >= 0.6 is 0 Å². The molecule has 1 aromatic rings. The fourth-order valence-corrected chi connectivity index (χ4v) is 1.67. The molecule has 1 atom stereocenters. The smallest absolute Gasteiger partial charge is 0.520 e. The van der Waals surface area contributed by atoms with Gasteiger partial charge in [0.2, 0.25) is 17.0 Å². The first kappa shape index (κ1) is 12.0. The molecule has 0 saturated carbocycles. The Morgan fingerprint density at radius 1 is 1.41 bits per heavy atom. The lowest BCUT2D eigenvalue weighted by atomic mass is 10.2. The monoisotopic (exact) mass is 258 g/mol. The van der Waals surface area contributed by atoms with Crippen LogP contribution in [0.1, 0.15) is 9.99 Å². The zero-order chi connectivity index (χ0) is 12.3. The third kappa shape index (κ3) is 3.52. The van der Waals surface area contributed by atoms with Gasteiger partial charge in [0.1, 0.15) is 12.2 Å². The molecule has 1 aromatic carbocycles. The van der Waals surface area contributed by atoms with E-state index in [1.54, 1.807) is 12.1 Å². The minimum atomic E-state index is -4.69. The minimum absolute atomic E-state index is 0.153. The summed E-state index contributed by atoms with van der Waals surface area (Å²) in [4.78, 5) is 0. The van der Waals surface area contributed by atoms with Gasteiger partial charge < -0.3 is 13.7 Å². The van der Waals surface area contributed by atoms with Crippen LogP contribution in [-0.4, -0.2) is 38.3 Å². The van der Waals surface area contributed by atoms with Crippen LogP contribution in [0.4, 0.5) is 0 Å². The van der Waals surface area contributed by atoms with E-state index in [1.165, 1.54) is 0 Å². The Morgan fingerprint density at radius 3 is 2.76 bits per heavy atom. The van der Waals surface area contributed by atoms with E-state index in [9.17, 15) is 13.0 Å². The third-order valence-electron chi connectivity index (χ3n) is 2.08. The molecule has 7 heteroatoms. The quantitative estimate of drug-likeness (QED) is 0.334. The maximum absolute atomic E-state index is 10.3. The summed E-state index contributed by atoms with van der Waals surface area (Å²) in [5.41, 5.74) is 0.750.